The minimum absolute atomic E-state index is 0.263. The monoisotopic (exact) mass is 366 g/mol. The van der Waals surface area contributed by atoms with Gasteiger partial charge in [-0.3, -0.25) is 4.90 Å². The van der Waals surface area contributed by atoms with E-state index in [9.17, 15) is 5.11 Å². The third-order valence-corrected chi connectivity index (χ3v) is 6.47. The van der Waals surface area contributed by atoms with Gasteiger partial charge in [0.1, 0.15) is 0 Å². The Hall–Kier alpha value is -1.34. The average Bonchev–Trinajstić information content (AvgIpc) is 3.45. The standard InChI is InChI=1S/C24H34N2O/c1-18(2)5-6-19-9-11-21(12-10-19)24-22-16-25(15-20-7-8-20)13-3-4-14-26(22)23(24)17-27/h9-12,18,20,22-24,27H,3-4,7-8,13-17H2,1-2H3/t22-,23+,24+/m1/s1. The van der Waals surface area contributed by atoms with E-state index in [1.54, 1.807) is 0 Å². The highest BCUT2D eigenvalue weighted by Crippen LogP contribution is 2.42. The first-order valence-electron chi connectivity index (χ1n) is 10.9. The van der Waals surface area contributed by atoms with Crippen molar-refractivity contribution in [3.63, 3.8) is 0 Å². The van der Waals surface area contributed by atoms with Crippen LogP contribution >= 0.6 is 0 Å². The minimum atomic E-state index is 0.263. The molecule has 1 N–H and O–H groups in total. The summed E-state index contributed by atoms with van der Waals surface area (Å²) in [4.78, 5) is 5.29. The molecule has 2 heterocycles. The van der Waals surface area contributed by atoms with Gasteiger partial charge < -0.3 is 10.0 Å². The molecule has 3 atom stereocenters. The van der Waals surface area contributed by atoms with E-state index in [0.29, 0.717) is 17.9 Å². The summed E-state index contributed by atoms with van der Waals surface area (Å²) in [6.07, 6.45) is 5.39. The molecule has 3 fully saturated rings. The van der Waals surface area contributed by atoms with Gasteiger partial charge in [-0.05, 0) is 62.4 Å². The lowest BCUT2D eigenvalue weighted by Crippen LogP contribution is -2.67. The van der Waals surface area contributed by atoms with Crippen LogP contribution in [0, 0.1) is 23.7 Å². The SMILES string of the molecule is CC(C)C#Cc1ccc([C@H]2[C@H]3CN(CC4CC4)CCCCN3[C@H]2CO)cc1. The predicted molar refractivity (Wildman–Crippen MR) is 111 cm³/mol. The van der Waals surface area contributed by atoms with E-state index in [1.807, 2.05) is 0 Å². The Kier molecular flexibility index (Phi) is 5.88. The summed E-state index contributed by atoms with van der Waals surface area (Å²) in [6, 6.07) is 9.65. The van der Waals surface area contributed by atoms with Crippen LogP contribution < -0.4 is 0 Å². The zero-order chi connectivity index (χ0) is 18.8. The number of hydrogen-bond acceptors (Lipinski definition) is 3. The van der Waals surface area contributed by atoms with Crippen LogP contribution in [-0.4, -0.2) is 59.8 Å². The van der Waals surface area contributed by atoms with Crippen molar-refractivity contribution >= 4 is 0 Å². The van der Waals surface area contributed by atoms with Gasteiger partial charge in [0.05, 0.1) is 6.61 Å². The van der Waals surface area contributed by atoms with E-state index in [4.69, 9.17) is 0 Å². The summed E-state index contributed by atoms with van der Waals surface area (Å²) in [6.45, 7) is 9.34. The number of rotatable bonds is 4. The van der Waals surface area contributed by atoms with Crippen molar-refractivity contribution in [2.45, 2.75) is 57.5 Å². The van der Waals surface area contributed by atoms with Crippen molar-refractivity contribution in [2.75, 3.05) is 32.8 Å². The molecule has 2 aliphatic heterocycles. The molecule has 3 nitrogen and oxygen atoms in total. The maximum atomic E-state index is 10.1. The molecule has 1 aromatic carbocycles. The second kappa shape index (κ2) is 8.35. The molecule has 3 heteroatoms. The van der Waals surface area contributed by atoms with E-state index >= 15 is 0 Å². The highest BCUT2D eigenvalue weighted by Gasteiger charge is 2.49. The van der Waals surface area contributed by atoms with E-state index in [2.05, 4.69) is 59.8 Å². The van der Waals surface area contributed by atoms with E-state index in [1.165, 1.54) is 44.3 Å². The van der Waals surface area contributed by atoms with Gasteiger partial charge in [0.2, 0.25) is 0 Å². The second-order valence-corrected chi connectivity index (χ2v) is 9.04. The molecule has 1 aliphatic carbocycles. The molecule has 0 spiro atoms. The molecule has 27 heavy (non-hydrogen) atoms. The lowest BCUT2D eigenvalue weighted by atomic mass is 9.74. The van der Waals surface area contributed by atoms with E-state index in [-0.39, 0.29) is 12.6 Å². The molecule has 0 radical (unpaired) electrons. The molecule has 0 amide bonds. The molecule has 2 saturated heterocycles. The summed E-state index contributed by atoms with van der Waals surface area (Å²) in [7, 11) is 0. The molecule has 3 aliphatic rings. The molecule has 0 unspecified atom stereocenters. The van der Waals surface area contributed by atoms with Gasteiger partial charge in [0, 0.05) is 42.6 Å². The van der Waals surface area contributed by atoms with Crippen molar-refractivity contribution in [1.82, 2.24) is 9.80 Å². The molecule has 1 aromatic rings. The van der Waals surface area contributed by atoms with Crippen LogP contribution in [0.15, 0.2) is 24.3 Å². The van der Waals surface area contributed by atoms with E-state index in [0.717, 1.165) is 24.6 Å². The number of aliphatic hydroxyl groups is 1. The van der Waals surface area contributed by atoms with Gasteiger partial charge in [0.25, 0.3) is 0 Å². The maximum absolute atomic E-state index is 10.1. The fraction of sp³-hybridized carbons (Fsp3) is 0.667. The zero-order valence-corrected chi connectivity index (χ0v) is 16.9. The lowest BCUT2D eigenvalue weighted by molar-refractivity contribution is -0.0649. The minimum Gasteiger partial charge on any atom is -0.395 e. The van der Waals surface area contributed by atoms with Crippen LogP contribution in [0.25, 0.3) is 0 Å². The molecule has 0 bridgehead atoms. The summed E-state index contributed by atoms with van der Waals surface area (Å²) in [5.41, 5.74) is 2.47. The number of aliphatic hydroxyl groups excluding tert-OH is 1. The van der Waals surface area contributed by atoms with Gasteiger partial charge in [-0.15, -0.1) is 0 Å². The molecule has 4 rings (SSSR count). The highest BCUT2D eigenvalue weighted by molar-refractivity contribution is 5.39. The van der Waals surface area contributed by atoms with Crippen molar-refractivity contribution in [1.29, 1.82) is 0 Å². The number of nitrogens with zero attached hydrogens (tertiary/aromatic N) is 2. The Morgan fingerprint density at radius 1 is 1.11 bits per heavy atom. The molecular formula is C24H34N2O. The van der Waals surface area contributed by atoms with Crippen LogP contribution in [-0.2, 0) is 0 Å². The number of hydrogen-bond donors (Lipinski definition) is 1. The Bertz CT molecular complexity index is 683. The highest BCUT2D eigenvalue weighted by atomic mass is 16.3. The first kappa shape index (κ1) is 19.0. The smallest absolute Gasteiger partial charge is 0.0593 e. The lowest BCUT2D eigenvalue weighted by Gasteiger charge is -2.57. The zero-order valence-electron chi connectivity index (χ0n) is 16.9. The van der Waals surface area contributed by atoms with Gasteiger partial charge in [-0.2, -0.15) is 0 Å². The van der Waals surface area contributed by atoms with Gasteiger partial charge in [-0.1, -0.05) is 37.8 Å². The molecule has 146 valence electrons. The van der Waals surface area contributed by atoms with Crippen LogP contribution in [0.2, 0.25) is 0 Å². The molecule has 1 saturated carbocycles. The Morgan fingerprint density at radius 3 is 2.52 bits per heavy atom. The Labute approximate surface area is 164 Å². The third kappa shape index (κ3) is 4.40. The van der Waals surface area contributed by atoms with Gasteiger partial charge >= 0.3 is 0 Å². The summed E-state index contributed by atoms with van der Waals surface area (Å²) >= 11 is 0. The summed E-state index contributed by atoms with van der Waals surface area (Å²) < 4.78 is 0. The fourth-order valence-corrected chi connectivity index (χ4v) is 4.86. The van der Waals surface area contributed by atoms with Crippen molar-refractivity contribution < 1.29 is 5.11 Å². The fourth-order valence-electron chi connectivity index (χ4n) is 4.86. The number of fused-ring (bicyclic) bond motifs is 1. The normalized spacial score (nSPS) is 29.3. The summed E-state index contributed by atoms with van der Waals surface area (Å²) in [5.74, 6) is 8.30. The van der Waals surface area contributed by atoms with Gasteiger partial charge in [0.15, 0.2) is 0 Å². The second-order valence-electron chi connectivity index (χ2n) is 9.04. The van der Waals surface area contributed by atoms with Gasteiger partial charge in [-0.25, -0.2) is 0 Å². The van der Waals surface area contributed by atoms with Crippen LogP contribution in [0.1, 0.15) is 56.6 Å². The molecule has 0 aromatic heterocycles. The average molecular weight is 367 g/mol. The van der Waals surface area contributed by atoms with Crippen LogP contribution in [0.5, 0.6) is 0 Å². The largest absolute Gasteiger partial charge is 0.395 e. The van der Waals surface area contributed by atoms with Crippen molar-refractivity contribution in [3.8, 4) is 11.8 Å². The third-order valence-electron chi connectivity index (χ3n) is 6.47. The van der Waals surface area contributed by atoms with Crippen LogP contribution in [0.3, 0.4) is 0 Å². The topological polar surface area (TPSA) is 26.7 Å². The Morgan fingerprint density at radius 2 is 1.85 bits per heavy atom. The van der Waals surface area contributed by atoms with Crippen LogP contribution in [0.4, 0.5) is 0 Å². The van der Waals surface area contributed by atoms with Crippen molar-refractivity contribution in [2.24, 2.45) is 11.8 Å². The maximum Gasteiger partial charge on any atom is 0.0593 e. The summed E-state index contributed by atoms with van der Waals surface area (Å²) in [5, 5.41) is 10.1. The quantitative estimate of drug-likeness (QED) is 0.828. The Balaban J connectivity index is 1.50. The number of benzene rings is 1. The van der Waals surface area contributed by atoms with E-state index < -0.39 is 0 Å². The first-order chi connectivity index (χ1) is 13.2. The van der Waals surface area contributed by atoms with Crippen molar-refractivity contribution in [3.05, 3.63) is 35.4 Å². The first-order valence-corrected chi connectivity index (χ1v) is 10.9. The molecular weight excluding hydrogens is 332 g/mol. The predicted octanol–water partition coefficient (Wildman–Crippen LogP) is 3.33.